The number of aromatic amines is 1. The van der Waals surface area contributed by atoms with Crippen molar-refractivity contribution in [3.63, 3.8) is 0 Å². The van der Waals surface area contributed by atoms with Gasteiger partial charge in [0.25, 0.3) is 0 Å². The topological polar surface area (TPSA) is 37.9 Å². The van der Waals surface area contributed by atoms with Gasteiger partial charge in [0.05, 0.1) is 6.61 Å². The van der Waals surface area contributed by atoms with E-state index in [0.717, 1.165) is 17.1 Å². The average molecular weight is 246 g/mol. The van der Waals surface area contributed by atoms with Gasteiger partial charge in [-0.25, -0.2) is 4.98 Å². The van der Waals surface area contributed by atoms with Crippen molar-refractivity contribution in [3.05, 3.63) is 46.2 Å². The second-order valence-electron chi connectivity index (χ2n) is 3.90. The molecule has 0 aliphatic heterocycles. The smallest absolute Gasteiger partial charge is 0.139 e. The van der Waals surface area contributed by atoms with Crippen molar-refractivity contribution in [2.24, 2.45) is 0 Å². The molecule has 0 radical (unpaired) electrons. The first kappa shape index (κ1) is 12.0. The summed E-state index contributed by atoms with van der Waals surface area (Å²) in [6.07, 6.45) is 0. The van der Waals surface area contributed by atoms with E-state index in [1.807, 2.05) is 18.2 Å². The second kappa shape index (κ2) is 5.21. The van der Waals surface area contributed by atoms with E-state index >= 15 is 0 Å². The molecular formula is C13H14N2OS. The Kier molecular flexibility index (Phi) is 3.66. The van der Waals surface area contributed by atoms with Gasteiger partial charge in [-0.3, -0.25) is 0 Å². The van der Waals surface area contributed by atoms with E-state index in [1.165, 1.54) is 5.56 Å². The fourth-order valence-electron chi connectivity index (χ4n) is 1.67. The van der Waals surface area contributed by atoms with Crippen LogP contribution in [0, 0.1) is 11.6 Å². The Morgan fingerprint density at radius 2 is 2.18 bits per heavy atom. The standard InChI is InChI=1S/C13H14N2OS/c1-9-4-3-5-10(6-9)13-14-11(8-16-2)7-12(17)15-13/h3-7H,8H2,1-2H3,(H,14,15,17). The first-order valence-corrected chi connectivity index (χ1v) is 5.76. The van der Waals surface area contributed by atoms with E-state index in [2.05, 4.69) is 29.0 Å². The lowest BCUT2D eigenvalue weighted by Crippen LogP contribution is -1.97. The number of methoxy groups -OCH3 is 1. The van der Waals surface area contributed by atoms with Gasteiger partial charge in [-0.15, -0.1) is 0 Å². The molecule has 0 saturated heterocycles. The Hall–Kier alpha value is -1.52. The third kappa shape index (κ3) is 2.99. The van der Waals surface area contributed by atoms with Crippen LogP contribution in [-0.2, 0) is 11.3 Å². The van der Waals surface area contributed by atoms with E-state index in [9.17, 15) is 0 Å². The number of benzene rings is 1. The maximum atomic E-state index is 5.15. The van der Waals surface area contributed by atoms with Crippen LogP contribution in [-0.4, -0.2) is 17.1 Å². The number of aromatic nitrogens is 2. The first-order valence-electron chi connectivity index (χ1n) is 5.35. The van der Waals surface area contributed by atoms with Crippen LogP contribution in [0.3, 0.4) is 0 Å². The summed E-state index contributed by atoms with van der Waals surface area (Å²) in [7, 11) is 1.66. The molecule has 1 N–H and O–H groups in total. The molecule has 0 unspecified atom stereocenters. The Balaban J connectivity index is 2.48. The van der Waals surface area contributed by atoms with E-state index in [1.54, 1.807) is 7.11 Å². The lowest BCUT2D eigenvalue weighted by Gasteiger charge is -2.06. The molecule has 1 heterocycles. The molecule has 0 amide bonds. The van der Waals surface area contributed by atoms with Gasteiger partial charge in [-0.05, 0) is 19.1 Å². The third-order valence-corrected chi connectivity index (χ3v) is 2.60. The highest BCUT2D eigenvalue weighted by Gasteiger charge is 2.02. The van der Waals surface area contributed by atoms with Crippen LogP contribution in [0.5, 0.6) is 0 Å². The van der Waals surface area contributed by atoms with Crippen LogP contribution in [0.15, 0.2) is 30.3 Å². The Morgan fingerprint density at radius 1 is 1.35 bits per heavy atom. The number of aryl methyl sites for hydroxylation is 1. The van der Waals surface area contributed by atoms with E-state index in [-0.39, 0.29) is 0 Å². The predicted molar refractivity (Wildman–Crippen MR) is 70.3 cm³/mol. The van der Waals surface area contributed by atoms with Crippen LogP contribution in [0.1, 0.15) is 11.3 Å². The van der Waals surface area contributed by atoms with Crippen molar-refractivity contribution in [3.8, 4) is 11.4 Å². The van der Waals surface area contributed by atoms with Crippen LogP contribution in [0.2, 0.25) is 0 Å². The molecule has 88 valence electrons. The van der Waals surface area contributed by atoms with E-state index in [4.69, 9.17) is 17.0 Å². The molecule has 2 aromatic rings. The summed E-state index contributed by atoms with van der Waals surface area (Å²) < 4.78 is 5.67. The predicted octanol–water partition coefficient (Wildman–Crippen LogP) is 3.26. The maximum Gasteiger partial charge on any atom is 0.139 e. The Labute approximate surface area is 105 Å². The zero-order valence-corrected chi connectivity index (χ0v) is 10.7. The van der Waals surface area contributed by atoms with Crippen molar-refractivity contribution in [1.29, 1.82) is 0 Å². The maximum absolute atomic E-state index is 5.15. The first-order chi connectivity index (χ1) is 8.19. The number of hydrogen-bond donors (Lipinski definition) is 1. The molecule has 0 aliphatic carbocycles. The molecule has 2 rings (SSSR count). The highest BCUT2D eigenvalue weighted by Crippen LogP contribution is 2.16. The van der Waals surface area contributed by atoms with Gasteiger partial charge in [0, 0.05) is 18.4 Å². The minimum Gasteiger partial charge on any atom is -0.378 e. The molecule has 0 saturated carbocycles. The molecule has 0 spiro atoms. The lowest BCUT2D eigenvalue weighted by molar-refractivity contribution is 0.181. The zero-order valence-electron chi connectivity index (χ0n) is 9.86. The lowest BCUT2D eigenvalue weighted by atomic mass is 10.1. The van der Waals surface area contributed by atoms with Crippen LogP contribution in [0.4, 0.5) is 0 Å². The highest BCUT2D eigenvalue weighted by atomic mass is 32.1. The molecule has 0 atom stereocenters. The summed E-state index contributed by atoms with van der Waals surface area (Å²) in [6.45, 7) is 2.56. The molecule has 3 nitrogen and oxygen atoms in total. The second-order valence-corrected chi connectivity index (χ2v) is 4.31. The van der Waals surface area contributed by atoms with Crippen molar-refractivity contribution in [2.75, 3.05) is 7.11 Å². The molecule has 0 fully saturated rings. The van der Waals surface area contributed by atoms with Gasteiger partial charge in [0.2, 0.25) is 0 Å². The molecule has 0 bridgehead atoms. The molecule has 17 heavy (non-hydrogen) atoms. The van der Waals surface area contributed by atoms with Crippen LogP contribution >= 0.6 is 12.2 Å². The van der Waals surface area contributed by atoms with Gasteiger partial charge < -0.3 is 9.72 Å². The number of rotatable bonds is 3. The van der Waals surface area contributed by atoms with Crippen molar-refractivity contribution >= 4 is 12.2 Å². The average Bonchev–Trinajstić information content (AvgIpc) is 2.28. The van der Waals surface area contributed by atoms with Crippen LogP contribution in [0.25, 0.3) is 11.4 Å². The summed E-state index contributed by atoms with van der Waals surface area (Å²) in [5.74, 6) is 0.785. The fourth-order valence-corrected chi connectivity index (χ4v) is 1.90. The minimum absolute atomic E-state index is 0.505. The summed E-state index contributed by atoms with van der Waals surface area (Å²) in [4.78, 5) is 7.56. The minimum atomic E-state index is 0.505. The zero-order chi connectivity index (χ0) is 12.3. The SMILES string of the molecule is COCc1cc(=S)nc(-c2cccc(C)c2)[nH]1. The van der Waals surface area contributed by atoms with Gasteiger partial charge in [-0.1, -0.05) is 36.0 Å². The highest BCUT2D eigenvalue weighted by molar-refractivity contribution is 7.71. The Bertz CT molecular complexity index is 578. The largest absolute Gasteiger partial charge is 0.378 e. The van der Waals surface area contributed by atoms with Crippen molar-refractivity contribution in [2.45, 2.75) is 13.5 Å². The van der Waals surface area contributed by atoms with Gasteiger partial charge in [0.15, 0.2) is 0 Å². The molecule has 0 aliphatic rings. The van der Waals surface area contributed by atoms with Gasteiger partial charge >= 0.3 is 0 Å². The molecule has 1 aromatic heterocycles. The number of hydrogen-bond acceptors (Lipinski definition) is 3. The summed E-state index contributed by atoms with van der Waals surface area (Å²) in [6, 6.07) is 9.96. The Morgan fingerprint density at radius 3 is 2.88 bits per heavy atom. The van der Waals surface area contributed by atoms with E-state index < -0.39 is 0 Å². The van der Waals surface area contributed by atoms with Crippen molar-refractivity contribution in [1.82, 2.24) is 9.97 Å². The van der Waals surface area contributed by atoms with Gasteiger partial charge in [-0.2, -0.15) is 0 Å². The fraction of sp³-hybridized carbons (Fsp3) is 0.231. The molecular weight excluding hydrogens is 232 g/mol. The molecule has 4 heteroatoms. The normalized spacial score (nSPS) is 10.5. The summed E-state index contributed by atoms with van der Waals surface area (Å²) in [5.41, 5.74) is 3.17. The van der Waals surface area contributed by atoms with Gasteiger partial charge in [0.1, 0.15) is 10.5 Å². The number of nitrogens with one attached hydrogen (secondary N) is 1. The van der Waals surface area contributed by atoms with Crippen LogP contribution < -0.4 is 0 Å². The monoisotopic (exact) mass is 246 g/mol. The third-order valence-electron chi connectivity index (χ3n) is 2.39. The number of nitrogens with zero attached hydrogens (tertiary/aromatic N) is 1. The number of ether oxygens (including phenoxy) is 1. The number of H-pyrrole nitrogens is 1. The van der Waals surface area contributed by atoms with E-state index in [0.29, 0.717) is 11.2 Å². The molecule has 1 aromatic carbocycles. The quantitative estimate of drug-likeness (QED) is 0.845. The van der Waals surface area contributed by atoms with Crippen molar-refractivity contribution < 1.29 is 4.74 Å². The summed E-state index contributed by atoms with van der Waals surface area (Å²) in [5, 5.41) is 0. The summed E-state index contributed by atoms with van der Waals surface area (Å²) >= 11 is 5.15.